The van der Waals surface area contributed by atoms with Gasteiger partial charge in [0, 0.05) is 25.9 Å². The average Bonchev–Trinajstić information content (AvgIpc) is 3.53. The molecule has 0 saturated heterocycles. The summed E-state index contributed by atoms with van der Waals surface area (Å²) in [6.45, 7) is 9.40. The number of nitrogens with two attached hydrogens (primary N) is 1. The number of carboxylic acid groups (broad SMARTS) is 1. The first kappa shape index (κ1) is 42.5. The first-order chi connectivity index (χ1) is 25.5. The maximum atomic E-state index is 14.2. The molecule has 3 atom stereocenters. The Kier molecular flexibility index (Phi) is 16.1. The summed E-state index contributed by atoms with van der Waals surface area (Å²) in [5, 5.41) is 44.3. The second kappa shape index (κ2) is 20.4. The Balaban J connectivity index is 1.87. The third kappa shape index (κ3) is 15.0. The number of amides is 4. The summed E-state index contributed by atoms with van der Waals surface area (Å²) in [7, 11) is 0. The van der Waals surface area contributed by atoms with Gasteiger partial charge in [-0.15, -0.1) is 0 Å². The van der Waals surface area contributed by atoms with Crippen LogP contribution in [0.25, 0.3) is 0 Å². The van der Waals surface area contributed by atoms with Crippen molar-refractivity contribution >= 4 is 30.0 Å². The molecule has 294 valence electrons. The summed E-state index contributed by atoms with van der Waals surface area (Å²) in [5.41, 5.74) is 7.73. The Morgan fingerprint density at radius 3 is 2.19 bits per heavy atom. The number of rotatable bonds is 19. The Labute approximate surface area is 314 Å². The van der Waals surface area contributed by atoms with E-state index >= 15 is 0 Å². The quantitative estimate of drug-likeness (QED) is 0.0484. The molecule has 0 spiro atoms. The molecule has 1 heterocycles. The third-order valence-corrected chi connectivity index (χ3v) is 8.21. The lowest BCUT2D eigenvalue weighted by molar-refractivity contribution is -0.130. The normalized spacial score (nSPS) is 12.8. The number of aromatic hydroxyl groups is 1. The number of hydrogen-bond donors (Lipinski definition) is 9. The SMILES string of the molecule is Cc1cc(O)cc(C)c1C[C@H](NC(=O)[C@@H](CCCNC(=N)N)NC(=O)O)C(=O)N[C@@H](CCCCNC(=O)OC(C)(C)C)c1nc(Cc2ccccc2)no1. The van der Waals surface area contributed by atoms with Crippen LogP contribution in [-0.2, 0) is 27.2 Å². The molecule has 10 N–H and O–H groups in total. The number of phenolic OH excluding ortho intramolecular Hbond substituents is 1. The summed E-state index contributed by atoms with van der Waals surface area (Å²) in [6, 6.07) is 9.45. The number of benzene rings is 2. The van der Waals surface area contributed by atoms with E-state index < -0.39 is 47.7 Å². The van der Waals surface area contributed by atoms with Crippen LogP contribution in [0.1, 0.15) is 92.9 Å². The number of aromatic nitrogens is 2. The number of nitrogens with one attached hydrogen (secondary N) is 6. The van der Waals surface area contributed by atoms with E-state index in [2.05, 4.69) is 36.7 Å². The van der Waals surface area contributed by atoms with Crippen molar-refractivity contribution in [1.82, 2.24) is 36.7 Å². The molecule has 0 aliphatic heterocycles. The lowest BCUT2D eigenvalue weighted by atomic mass is 9.95. The van der Waals surface area contributed by atoms with Gasteiger partial charge < -0.3 is 51.8 Å². The van der Waals surface area contributed by atoms with Crippen LogP contribution in [-0.4, -0.2) is 81.1 Å². The molecule has 0 bridgehead atoms. The molecule has 54 heavy (non-hydrogen) atoms. The van der Waals surface area contributed by atoms with E-state index in [1.54, 1.807) is 46.8 Å². The molecule has 0 unspecified atom stereocenters. The van der Waals surface area contributed by atoms with E-state index in [1.165, 1.54) is 0 Å². The maximum absolute atomic E-state index is 14.2. The number of carbonyl (C=O) groups is 4. The van der Waals surface area contributed by atoms with Gasteiger partial charge in [-0.05, 0) is 101 Å². The van der Waals surface area contributed by atoms with E-state index in [-0.39, 0.29) is 37.0 Å². The standard InChI is InChI=1S/C37H53N9O8/c1-22-18-25(47)19-23(2)26(22)21-29(43-31(48)27(44-35(50)51)15-11-17-40-34(38)39)32(49)42-28(14-9-10-16-41-36(52)53-37(3,4)5)33-45-30(46-54-33)20-24-12-7-6-8-13-24/h6-8,12-13,18-19,27-29,44,47H,9-11,14-17,20-21H2,1-5H3,(H,41,52)(H,42,49)(H,43,48)(H,50,51)(H4,38,39,40)/t27-,28+,29+/m1/s1. The summed E-state index contributed by atoms with van der Waals surface area (Å²) >= 11 is 0. The van der Waals surface area contributed by atoms with E-state index in [9.17, 15) is 29.4 Å². The third-order valence-electron chi connectivity index (χ3n) is 8.21. The minimum atomic E-state index is -1.43. The molecule has 0 aliphatic rings. The van der Waals surface area contributed by atoms with Crippen molar-refractivity contribution < 1.29 is 38.7 Å². The summed E-state index contributed by atoms with van der Waals surface area (Å²) < 4.78 is 10.9. The zero-order valence-electron chi connectivity index (χ0n) is 31.5. The lowest BCUT2D eigenvalue weighted by Gasteiger charge is -2.25. The van der Waals surface area contributed by atoms with Crippen molar-refractivity contribution in [3.8, 4) is 5.75 Å². The van der Waals surface area contributed by atoms with E-state index in [1.807, 2.05) is 30.3 Å². The van der Waals surface area contributed by atoms with Gasteiger partial charge in [0.25, 0.3) is 0 Å². The molecule has 4 amide bonds. The van der Waals surface area contributed by atoms with Gasteiger partial charge in [-0.25, -0.2) is 9.59 Å². The minimum Gasteiger partial charge on any atom is -0.508 e. The van der Waals surface area contributed by atoms with E-state index in [0.717, 1.165) is 5.56 Å². The predicted molar refractivity (Wildman–Crippen MR) is 200 cm³/mol. The monoisotopic (exact) mass is 751 g/mol. The van der Waals surface area contributed by atoms with Gasteiger partial charge in [0.1, 0.15) is 29.5 Å². The Morgan fingerprint density at radius 2 is 1.56 bits per heavy atom. The van der Waals surface area contributed by atoms with Gasteiger partial charge >= 0.3 is 12.2 Å². The molecule has 0 aliphatic carbocycles. The van der Waals surface area contributed by atoms with Gasteiger partial charge in [0.05, 0.1) is 0 Å². The summed E-state index contributed by atoms with van der Waals surface area (Å²) in [6.07, 6.45) is 0.156. The molecule has 3 aromatic rings. The van der Waals surface area contributed by atoms with Crippen LogP contribution in [0.3, 0.4) is 0 Å². The van der Waals surface area contributed by atoms with Crippen LogP contribution in [0.5, 0.6) is 5.75 Å². The largest absolute Gasteiger partial charge is 0.508 e. The van der Waals surface area contributed by atoms with Crippen LogP contribution in [0.4, 0.5) is 9.59 Å². The van der Waals surface area contributed by atoms with Crippen LogP contribution in [0.15, 0.2) is 47.0 Å². The fourth-order valence-electron chi connectivity index (χ4n) is 5.69. The maximum Gasteiger partial charge on any atom is 0.407 e. The number of unbranched alkanes of at least 4 members (excludes halogenated alkanes) is 1. The first-order valence-electron chi connectivity index (χ1n) is 17.8. The molecule has 0 saturated carbocycles. The Morgan fingerprint density at radius 1 is 0.907 bits per heavy atom. The molecular formula is C37H53N9O8. The molecule has 1 aromatic heterocycles. The summed E-state index contributed by atoms with van der Waals surface area (Å²) in [4.78, 5) is 56.2. The number of carbonyl (C=O) groups excluding carboxylic acids is 3. The van der Waals surface area contributed by atoms with E-state index in [0.29, 0.717) is 61.2 Å². The van der Waals surface area contributed by atoms with Crippen molar-refractivity contribution in [2.45, 2.75) is 103 Å². The highest BCUT2D eigenvalue weighted by molar-refractivity contribution is 5.91. The summed E-state index contributed by atoms with van der Waals surface area (Å²) in [5.74, 6) is -0.984. The van der Waals surface area contributed by atoms with E-state index in [4.69, 9.17) is 20.4 Å². The average molecular weight is 752 g/mol. The second-order valence-corrected chi connectivity index (χ2v) is 14.0. The predicted octanol–water partition coefficient (Wildman–Crippen LogP) is 3.46. The van der Waals surface area contributed by atoms with Crippen molar-refractivity contribution in [3.63, 3.8) is 0 Å². The molecule has 0 radical (unpaired) electrons. The number of aryl methyl sites for hydroxylation is 2. The van der Waals surface area contributed by atoms with Gasteiger partial charge in [0.2, 0.25) is 17.7 Å². The number of alkyl carbamates (subject to hydrolysis) is 1. The van der Waals surface area contributed by atoms with Crippen LogP contribution in [0, 0.1) is 19.3 Å². The van der Waals surface area contributed by atoms with Crippen molar-refractivity contribution in [2.24, 2.45) is 5.73 Å². The van der Waals surface area contributed by atoms with Crippen molar-refractivity contribution in [2.75, 3.05) is 13.1 Å². The second-order valence-electron chi connectivity index (χ2n) is 14.0. The highest BCUT2D eigenvalue weighted by atomic mass is 16.6. The fraction of sp³-hybridized carbons (Fsp3) is 0.486. The highest BCUT2D eigenvalue weighted by Gasteiger charge is 2.31. The number of nitrogens with zero attached hydrogens (tertiary/aromatic N) is 2. The number of hydrogen-bond acceptors (Lipinski definition) is 10. The van der Waals surface area contributed by atoms with Crippen molar-refractivity contribution in [1.29, 1.82) is 5.41 Å². The number of guanidine groups is 1. The molecule has 3 rings (SSSR count). The lowest BCUT2D eigenvalue weighted by Crippen LogP contribution is -2.55. The molecule has 17 nitrogen and oxygen atoms in total. The topological polar surface area (TPSA) is 267 Å². The smallest absolute Gasteiger partial charge is 0.407 e. The van der Waals surface area contributed by atoms with Gasteiger partial charge in [-0.2, -0.15) is 4.98 Å². The minimum absolute atomic E-state index is 0.0107. The Hall–Kier alpha value is -5.87. The highest BCUT2D eigenvalue weighted by Crippen LogP contribution is 2.24. The molecule has 17 heteroatoms. The van der Waals surface area contributed by atoms with Gasteiger partial charge in [-0.1, -0.05) is 35.5 Å². The zero-order valence-corrected chi connectivity index (χ0v) is 31.5. The molecule has 0 fully saturated rings. The van der Waals surface area contributed by atoms with Crippen LogP contribution < -0.4 is 32.3 Å². The molecular weight excluding hydrogens is 698 g/mol. The number of ether oxygens (including phenoxy) is 1. The molecule has 2 aromatic carbocycles. The van der Waals surface area contributed by atoms with Crippen molar-refractivity contribution in [3.05, 3.63) is 76.4 Å². The first-order valence-corrected chi connectivity index (χ1v) is 17.8. The number of phenols is 1. The van der Waals surface area contributed by atoms with Crippen LogP contribution in [0.2, 0.25) is 0 Å². The van der Waals surface area contributed by atoms with Gasteiger partial charge in [-0.3, -0.25) is 15.0 Å². The Bertz CT molecular complexity index is 1700. The fourth-order valence-corrected chi connectivity index (χ4v) is 5.69. The van der Waals surface area contributed by atoms with Gasteiger partial charge in [0.15, 0.2) is 11.8 Å². The van der Waals surface area contributed by atoms with Crippen LogP contribution >= 0.6 is 0 Å². The zero-order chi connectivity index (χ0) is 39.8.